The molecule has 1 fully saturated rings. The molecule has 0 aromatic heterocycles. The molecule has 1 atom stereocenters. The third-order valence-electron chi connectivity index (χ3n) is 3.48. The molecule has 104 valence electrons. The summed E-state index contributed by atoms with van der Waals surface area (Å²) in [7, 11) is 3.17. The number of methoxy groups -OCH3 is 2. The highest BCUT2D eigenvalue weighted by molar-refractivity contribution is 5.98. The molecule has 5 heteroatoms. The van der Waals surface area contributed by atoms with Crippen LogP contribution in [0.5, 0.6) is 11.5 Å². The van der Waals surface area contributed by atoms with Crippen molar-refractivity contribution in [3.05, 3.63) is 18.2 Å². The van der Waals surface area contributed by atoms with Crippen LogP contribution in [0, 0.1) is 0 Å². The second-order valence-corrected chi connectivity index (χ2v) is 4.92. The summed E-state index contributed by atoms with van der Waals surface area (Å²) in [6.45, 7) is 2.80. The summed E-state index contributed by atoms with van der Waals surface area (Å²) in [5.41, 5.74) is 0.187. The number of anilines is 1. The Morgan fingerprint density at radius 3 is 2.37 bits per heavy atom. The molecule has 1 heterocycles. The lowest BCUT2D eigenvalue weighted by Crippen LogP contribution is -2.47. The molecule has 2 N–H and O–H groups in total. The lowest BCUT2D eigenvalue weighted by Gasteiger charge is -2.23. The van der Waals surface area contributed by atoms with Crippen LogP contribution in [0.4, 0.5) is 5.69 Å². The number of hydrogen-bond donors (Lipinski definition) is 2. The van der Waals surface area contributed by atoms with E-state index in [1.54, 1.807) is 32.4 Å². The molecule has 1 aliphatic rings. The fourth-order valence-electron chi connectivity index (χ4n) is 2.24. The van der Waals surface area contributed by atoms with Gasteiger partial charge in [0.1, 0.15) is 11.5 Å². The van der Waals surface area contributed by atoms with E-state index in [2.05, 4.69) is 10.6 Å². The number of carbonyl (C=O) groups is 1. The Bertz CT molecular complexity index is 446. The zero-order valence-electron chi connectivity index (χ0n) is 11.6. The Morgan fingerprint density at radius 1 is 1.26 bits per heavy atom. The lowest BCUT2D eigenvalue weighted by atomic mass is 9.99. The molecule has 5 nitrogen and oxygen atoms in total. The summed E-state index contributed by atoms with van der Waals surface area (Å²) in [6.07, 6.45) is 1.87. The average Bonchev–Trinajstić information content (AvgIpc) is 2.86. The monoisotopic (exact) mass is 264 g/mol. The van der Waals surface area contributed by atoms with Gasteiger partial charge in [-0.05, 0) is 26.3 Å². The maximum Gasteiger partial charge on any atom is 0.244 e. The molecular formula is C14H20N2O3. The molecule has 0 saturated carbocycles. The van der Waals surface area contributed by atoms with Crippen LogP contribution in [0.3, 0.4) is 0 Å². The van der Waals surface area contributed by atoms with Crippen molar-refractivity contribution in [2.75, 3.05) is 26.1 Å². The molecule has 0 bridgehead atoms. The van der Waals surface area contributed by atoms with E-state index in [-0.39, 0.29) is 5.91 Å². The number of hydrogen-bond acceptors (Lipinski definition) is 4. The predicted molar refractivity (Wildman–Crippen MR) is 73.8 cm³/mol. The first-order valence-corrected chi connectivity index (χ1v) is 6.37. The summed E-state index contributed by atoms with van der Waals surface area (Å²) in [5, 5.41) is 6.15. The van der Waals surface area contributed by atoms with Crippen LogP contribution in [-0.4, -0.2) is 32.2 Å². The summed E-state index contributed by atoms with van der Waals surface area (Å²) in [5.74, 6) is 1.28. The largest absolute Gasteiger partial charge is 0.497 e. The van der Waals surface area contributed by atoms with E-state index in [9.17, 15) is 4.79 Å². The molecule has 0 aliphatic carbocycles. The van der Waals surface area contributed by atoms with Gasteiger partial charge in [0.2, 0.25) is 5.91 Å². The van der Waals surface area contributed by atoms with Crippen LogP contribution in [0.25, 0.3) is 0 Å². The highest BCUT2D eigenvalue weighted by atomic mass is 16.5. The standard InChI is InChI=1S/C14H20N2O3/c1-14(5-4-6-15-14)13(17)16-10-7-11(18-2)9-12(8-10)19-3/h7-9,15H,4-6H2,1-3H3,(H,16,17). The first kappa shape index (κ1) is 13.7. The summed E-state index contributed by atoms with van der Waals surface area (Å²) >= 11 is 0. The molecule has 2 rings (SSSR count). The van der Waals surface area contributed by atoms with E-state index in [1.807, 2.05) is 6.92 Å². The molecule has 19 heavy (non-hydrogen) atoms. The first-order valence-electron chi connectivity index (χ1n) is 6.37. The third kappa shape index (κ3) is 2.98. The third-order valence-corrected chi connectivity index (χ3v) is 3.48. The van der Waals surface area contributed by atoms with Crippen LogP contribution >= 0.6 is 0 Å². The van der Waals surface area contributed by atoms with Gasteiger partial charge >= 0.3 is 0 Å². The minimum atomic E-state index is -0.490. The maximum absolute atomic E-state index is 12.3. The van der Waals surface area contributed by atoms with Crippen molar-refractivity contribution in [1.82, 2.24) is 5.32 Å². The topological polar surface area (TPSA) is 59.6 Å². The predicted octanol–water partition coefficient (Wildman–Crippen LogP) is 1.78. The molecule has 0 spiro atoms. The second-order valence-electron chi connectivity index (χ2n) is 4.92. The fourth-order valence-corrected chi connectivity index (χ4v) is 2.24. The molecule has 1 aromatic rings. The Balaban J connectivity index is 2.16. The molecule has 1 unspecified atom stereocenters. The van der Waals surface area contributed by atoms with E-state index in [0.29, 0.717) is 17.2 Å². The van der Waals surface area contributed by atoms with Gasteiger partial charge in [-0.2, -0.15) is 0 Å². The Morgan fingerprint density at radius 2 is 1.89 bits per heavy atom. The van der Waals surface area contributed by atoms with Gasteiger partial charge in [-0.15, -0.1) is 0 Å². The summed E-state index contributed by atoms with van der Waals surface area (Å²) in [4.78, 5) is 12.3. The van der Waals surface area contributed by atoms with E-state index >= 15 is 0 Å². The van der Waals surface area contributed by atoms with Crippen molar-refractivity contribution in [2.45, 2.75) is 25.3 Å². The number of rotatable bonds is 4. The van der Waals surface area contributed by atoms with Crippen LogP contribution < -0.4 is 20.1 Å². The summed E-state index contributed by atoms with van der Waals surface area (Å²) in [6, 6.07) is 5.32. The molecule has 1 aromatic carbocycles. The number of amides is 1. The van der Waals surface area contributed by atoms with Crippen LogP contribution in [0.15, 0.2) is 18.2 Å². The number of nitrogens with one attached hydrogen (secondary N) is 2. The van der Waals surface area contributed by atoms with Crippen molar-refractivity contribution < 1.29 is 14.3 Å². The van der Waals surface area contributed by atoms with E-state index < -0.39 is 5.54 Å². The number of benzene rings is 1. The smallest absolute Gasteiger partial charge is 0.244 e. The minimum absolute atomic E-state index is 0.0275. The Kier molecular flexibility index (Phi) is 3.95. The molecule has 1 saturated heterocycles. The Labute approximate surface area is 113 Å². The minimum Gasteiger partial charge on any atom is -0.497 e. The van der Waals surface area contributed by atoms with Gasteiger partial charge in [-0.1, -0.05) is 0 Å². The van der Waals surface area contributed by atoms with Crippen molar-refractivity contribution in [2.24, 2.45) is 0 Å². The number of ether oxygens (including phenoxy) is 2. The van der Waals surface area contributed by atoms with E-state index in [4.69, 9.17) is 9.47 Å². The average molecular weight is 264 g/mol. The van der Waals surface area contributed by atoms with Gasteiger partial charge in [0, 0.05) is 23.9 Å². The normalized spacial score (nSPS) is 22.1. The van der Waals surface area contributed by atoms with Gasteiger partial charge < -0.3 is 20.1 Å². The number of carbonyl (C=O) groups excluding carboxylic acids is 1. The first-order chi connectivity index (χ1) is 9.07. The summed E-state index contributed by atoms with van der Waals surface area (Å²) < 4.78 is 10.4. The van der Waals surface area contributed by atoms with Gasteiger partial charge in [0.05, 0.1) is 19.8 Å². The van der Waals surface area contributed by atoms with Gasteiger partial charge in [-0.25, -0.2) is 0 Å². The zero-order chi connectivity index (χ0) is 13.9. The second kappa shape index (κ2) is 5.48. The highest BCUT2D eigenvalue weighted by Crippen LogP contribution is 2.27. The Hall–Kier alpha value is -1.75. The maximum atomic E-state index is 12.3. The van der Waals surface area contributed by atoms with E-state index in [0.717, 1.165) is 19.4 Å². The SMILES string of the molecule is COc1cc(NC(=O)C2(C)CCCN2)cc(OC)c1. The van der Waals surface area contributed by atoms with Crippen LogP contribution in [0.2, 0.25) is 0 Å². The molecule has 0 radical (unpaired) electrons. The van der Waals surface area contributed by atoms with Crippen LogP contribution in [-0.2, 0) is 4.79 Å². The van der Waals surface area contributed by atoms with Gasteiger partial charge in [-0.3, -0.25) is 4.79 Å². The molecule has 1 amide bonds. The van der Waals surface area contributed by atoms with Crippen LogP contribution in [0.1, 0.15) is 19.8 Å². The molecule has 1 aliphatic heterocycles. The zero-order valence-corrected chi connectivity index (χ0v) is 11.6. The van der Waals surface area contributed by atoms with Gasteiger partial charge in [0.15, 0.2) is 0 Å². The van der Waals surface area contributed by atoms with Crippen molar-refractivity contribution in [1.29, 1.82) is 0 Å². The van der Waals surface area contributed by atoms with Crippen molar-refractivity contribution >= 4 is 11.6 Å². The highest BCUT2D eigenvalue weighted by Gasteiger charge is 2.35. The molecular weight excluding hydrogens is 244 g/mol. The fraction of sp³-hybridized carbons (Fsp3) is 0.500. The van der Waals surface area contributed by atoms with Gasteiger partial charge in [0.25, 0.3) is 0 Å². The lowest BCUT2D eigenvalue weighted by molar-refractivity contribution is -0.121. The van der Waals surface area contributed by atoms with Crippen molar-refractivity contribution in [3.8, 4) is 11.5 Å². The van der Waals surface area contributed by atoms with Crippen molar-refractivity contribution in [3.63, 3.8) is 0 Å². The van der Waals surface area contributed by atoms with E-state index in [1.165, 1.54) is 0 Å². The quantitative estimate of drug-likeness (QED) is 0.870.